The summed E-state index contributed by atoms with van der Waals surface area (Å²) in [6.07, 6.45) is -0.0649. The standard InChI is InChI=1S/C19H18ClF2N5O3/c20-15-2-1-11(10-25-15)18(29)26-5-6-27(17(26)16(28)24-4-3-23)19(30)12-7-13(21)9-14(22)8-12/h1-2,7-10,17H,3-6,23H2,(H,24,28). The predicted octanol–water partition coefficient (Wildman–Crippen LogP) is 1.01. The lowest BCUT2D eigenvalue weighted by molar-refractivity contribution is -0.128. The topological polar surface area (TPSA) is 109 Å². The van der Waals surface area contributed by atoms with Crippen molar-refractivity contribution in [3.63, 3.8) is 0 Å². The van der Waals surface area contributed by atoms with Gasteiger partial charge in [0.05, 0.1) is 5.56 Å². The molecule has 2 heterocycles. The number of halogens is 3. The minimum atomic E-state index is -1.32. The van der Waals surface area contributed by atoms with Gasteiger partial charge in [0.15, 0.2) is 6.17 Å². The van der Waals surface area contributed by atoms with Crippen LogP contribution in [0, 0.1) is 11.6 Å². The summed E-state index contributed by atoms with van der Waals surface area (Å²) in [7, 11) is 0. The highest BCUT2D eigenvalue weighted by Gasteiger charge is 2.43. The third-order valence-electron chi connectivity index (χ3n) is 4.46. The van der Waals surface area contributed by atoms with Crippen LogP contribution < -0.4 is 11.1 Å². The van der Waals surface area contributed by atoms with Gasteiger partial charge in [0.25, 0.3) is 17.7 Å². The molecule has 1 aromatic heterocycles. The van der Waals surface area contributed by atoms with Crippen molar-refractivity contribution in [2.75, 3.05) is 26.2 Å². The van der Waals surface area contributed by atoms with Crippen molar-refractivity contribution >= 4 is 29.3 Å². The number of carbonyl (C=O) groups is 3. The molecule has 0 saturated carbocycles. The molecule has 1 aliphatic heterocycles. The third kappa shape index (κ3) is 4.55. The average Bonchev–Trinajstić information content (AvgIpc) is 3.16. The molecule has 1 saturated heterocycles. The number of hydrogen-bond acceptors (Lipinski definition) is 5. The third-order valence-corrected chi connectivity index (χ3v) is 4.68. The van der Waals surface area contributed by atoms with Crippen LogP contribution in [0.5, 0.6) is 0 Å². The van der Waals surface area contributed by atoms with Crippen LogP contribution in [0.25, 0.3) is 0 Å². The maximum absolute atomic E-state index is 13.6. The quantitative estimate of drug-likeness (QED) is 0.679. The van der Waals surface area contributed by atoms with E-state index in [4.69, 9.17) is 17.3 Å². The molecule has 3 amide bonds. The van der Waals surface area contributed by atoms with Crippen LogP contribution in [0.2, 0.25) is 5.15 Å². The summed E-state index contributed by atoms with van der Waals surface area (Å²) in [6, 6.07) is 5.24. The van der Waals surface area contributed by atoms with E-state index in [0.717, 1.165) is 17.0 Å². The molecule has 1 aromatic carbocycles. The molecular formula is C19H18ClF2N5O3. The van der Waals surface area contributed by atoms with E-state index in [1.165, 1.54) is 23.2 Å². The molecule has 0 aliphatic carbocycles. The van der Waals surface area contributed by atoms with Gasteiger partial charge in [-0.2, -0.15) is 0 Å². The first kappa shape index (κ1) is 21.6. The lowest BCUT2D eigenvalue weighted by Crippen LogP contribution is -2.54. The van der Waals surface area contributed by atoms with Gasteiger partial charge in [0, 0.05) is 44.0 Å². The van der Waals surface area contributed by atoms with Crippen molar-refractivity contribution in [2.24, 2.45) is 5.73 Å². The van der Waals surface area contributed by atoms with Crippen molar-refractivity contribution in [3.05, 3.63) is 64.4 Å². The molecule has 1 unspecified atom stereocenters. The SMILES string of the molecule is NCCNC(=O)C1N(C(=O)c2ccc(Cl)nc2)CCN1C(=O)c1cc(F)cc(F)c1. The Labute approximate surface area is 175 Å². The van der Waals surface area contributed by atoms with E-state index in [2.05, 4.69) is 10.3 Å². The number of amides is 3. The van der Waals surface area contributed by atoms with Crippen molar-refractivity contribution in [2.45, 2.75) is 6.17 Å². The smallest absolute Gasteiger partial charge is 0.263 e. The van der Waals surface area contributed by atoms with Gasteiger partial charge < -0.3 is 20.9 Å². The van der Waals surface area contributed by atoms with E-state index in [0.29, 0.717) is 6.07 Å². The summed E-state index contributed by atoms with van der Waals surface area (Å²) in [4.78, 5) is 44.7. The number of benzene rings is 1. The molecule has 2 aromatic rings. The molecular weight excluding hydrogens is 420 g/mol. The Kier molecular flexibility index (Phi) is 6.58. The van der Waals surface area contributed by atoms with E-state index in [1.807, 2.05) is 0 Å². The van der Waals surface area contributed by atoms with Crippen LogP contribution in [-0.4, -0.2) is 64.9 Å². The zero-order valence-electron chi connectivity index (χ0n) is 15.6. The molecule has 1 atom stereocenters. The van der Waals surface area contributed by atoms with Crippen molar-refractivity contribution in [1.29, 1.82) is 0 Å². The van der Waals surface area contributed by atoms with Crippen LogP contribution in [-0.2, 0) is 4.79 Å². The number of carbonyl (C=O) groups excluding carboxylic acids is 3. The van der Waals surface area contributed by atoms with Gasteiger partial charge in [-0.15, -0.1) is 0 Å². The molecule has 158 valence electrons. The van der Waals surface area contributed by atoms with Gasteiger partial charge >= 0.3 is 0 Å². The van der Waals surface area contributed by atoms with Gasteiger partial charge in [0.1, 0.15) is 16.8 Å². The highest BCUT2D eigenvalue weighted by Crippen LogP contribution is 2.22. The van der Waals surface area contributed by atoms with Gasteiger partial charge in [-0.05, 0) is 24.3 Å². The fourth-order valence-corrected chi connectivity index (χ4v) is 3.25. The number of hydrogen-bond donors (Lipinski definition) is 2. The van der Waals surface area contributed by atoms with Crippen LogP contribution in [0.3, 0.4) is 0 Å². The second-order valence-corrected chi connectivity index (χ2v) is 6.87. The summed E-state index contributed by atoms with van der Waals surface area (Å²) in [5, 5.41) is 2.73. The molecule has 0 radical (unpaired) electrons. The minimum Gasteiger partial charge on any atom is -0.351 e. The molecule has 11 heteroatoms. The highest BCUT2D eigenvalue weighted by atomic mass is 35.5. The number of nitrogens with two attached hydrogens (primary N) is 1. The lowest BCUT2D eigenvalue weighted by atomic mass is 10.1. The second kappa shape index (κ2) is 9.14. The van der Waals surface area contributed by atoms with Gasteiger partial charge in [0.2, 0.25) is 0 Å². The summed E-state index contributed by atoms with van der Waals surface area (Å²) < 4.78 is 27.1. The minimum absolute atomic E-state index is 0.00949. The summed E-state index contributed by atoms with van der Waals surface area (Å²) in [6.45, 7) is 0.295. The summed E-state index contributed by atoms with van der Waals surface area (Å²) >= 11 is 5.74. The molecule has 1 fully saturated rings. The second-order valence-electron chi connectivity index (χ2n) is 6.48. The maximum atomic E-state index is 13.6. The zero-order valence-corrected chi connectivity index (χ0v) is 16.4. The lowest BCUT2D eigenvalue weighted by Gasteiger charge is -2.29. The Morgan fingerprint density at radius 3 is 2.20 bits per heavy atom. The number of aromatic nitrogens is 1. The fraction of sp³-hybridized carbons (Fsp3) is 0.263. The summed E-state index contributed by atoms with van der Waals surface area (Å²) in [5.41, 5.74) is 5.31. The predicted molar refractivity (Wildman–Crippen MR) is 104 cm³/mol. The molecule has 8 nitrogen and oxygen atoms in total. The van der Waals surface area contributed by atoms with Crippen molar-refractivity contribution in [3.8, 4) is 0 Å². The molecule has 30 heavy (non-hydrogen) atoms. The van der Waals surface area contributed by atoms with E-state index < -0.39 is 35.5 Å². The Hall–Kier alpha value is -3.11. The van der Waals surface area contributed by atoms with Crippen molar-refractivity contribution in [1.82, 2.24) is 20.1 Å². The van der Waals surface area contributed by atoms with E-state index in [9.17, 15) is 23.2 Å². The Bertz CT molecular complexity index is 953. The number of nitrogens with zero attached hydrogens (tertiary/aromatic N) is 3. The first-order chi connectivity index (χ1) is 14.3. The van der Waals surface area contributed by atoms with E-state index in [1.54, 1.807) is 0 Å². The average molecular weight is 438 g/mol. The van der Waals surface area contributed by atoms with Crippen LogP contribution in [0.15, 0.2) is 36.5 Å². The molecule has 0 bridgehead atoms. The van der Waals surface area contributed by atoms with E-state index in [-0.39, 0.29) is 42.5 Å². The maximum Gasteiger partial charge on any atom is 0.263 e. The largest absolute Gasteiger partial charge is 0.351 e. The zero-order chi connectivity index (χ0) is 21.8. The summed E-state index contributed by atoms with van der Waals surface area (Å²) in [5.74, 6) is -3.83. The van der Waals surface area contributed by atoms with Crippen LogP contribution in [0.4, 0.5) is 8.78 Å². The number of pyridine rings is 1. The van der Waals surface area contributed by atoms with Gasteiger partial charge in [-0.1, -0.05) is 11.6 Å². The van der Waals surface area contributed by atoms with Gasteiger partial charge in [-0.3, -0.25) is 14.4 Å². The Morgan fingerprint density at radius 1 is 1.07 bits per heavy atom. The number of rotatable bonds is 5. The highest BCUT2D eigenvalue weighted by molar-refractivity contribution is 6.29. The van der Waals surface area contributed by atoms with E-state index >= 15 is 0 Å². The normalized spacial score (nSPS) is 15.9. The molecule has 3 N–H and O–H groups in total. The Balaban J connectivity index is 1.92. The number of nitrogens with one attached hydrogen (secondary N) is 1. The van der Waals surface area contributed by atoms with Gasteiger partial charge in [-0.25, -0.2) is 13.8 Å². The first-order valence-corrected chi connectivity index (χ1v) is 9.37. The molecule has 1 aliphatic rings. The molecule has 3 rings (SSSR count). The van der Waals surface area contributed by atoms with Crippen LogP contribution in [0.1, 0.15) is 20.7 Å². The first-order valence-electron chi connectivity index (χ1n) is 8.99. The van der Waals surface area contributed by atoms with Crippen LogP contribution >= 0.6 is 11.6 Å². The van der Waals surface area contributed by atoms with Crippen molar-refractivity contribution < 1.29 is 23.2 Å². The molecule has 0 spiro atoms. The monoisotopic (exact) mass is 437 g/mol. The Morgan fingerprint density at radius 2 is 1.67 bits per heavy atom. The fourth-order valence-electron chi connectivity index (χ4n) is 3.13.